The van der Waals surface area contributed by atoms with Crippen molar-refractivity contribution < 1.29 is 4.79 Å². The molecule has 29 heavy (non-hydrogen) atoms. The van der Waals surface area contributed by atoms with E-state index in [1.54, 1.807) is 4.68 Å². The minimum atomic E-state index is -0.126. The molecule has 0 unspecified atom stereocenters. The Morgan fingerprint density at radius 2 is 1.72 bits per heavy atom. The second kappa shape index (κ2) is 8.48. The van der Waals surface area contributed by atoms with Crippen molar-refractivity contribution in [3.63, 3.8) is 0 Å². The van der Waals surface area contributed by atoms with E-state index in [4.69, 9.17) is 0 Å². The third-order valence-electron chi connectivity index (χ3n) is 4.76. The van der Waals surface area contributed by atoms with Crippen LogP contribution >= 0.6 is 0 Å². The van der Waals surface area contributed by atoms with Gasteiger partial charge in [-0.15, -0.1) is 5.10 Å². The van der Waals surface area contributed by atoms with Crippen LogP contribution in [0.25, 0.3) is 5.69 Å². The fourth-order valence-electron chi connectivity index (χ4n) is 3.27. The summed E-state index contributed by atoms with van der Waals surface area (Å²) >= 11 is 0. The SMILES string of the molecule is Cc1nnnn1-c1cccc(NC(=O)c2ccccc2CCc2ccccc2)c1. The van der Waals surface area contributed by atoms with Crippen LogP contribution in [0.15, 0.2) is 78.9 Å². The summed E-state index contributed by atoms with van der Waals surface area (Å²) in [5.41, 5.74) is 4.46. The minimum absolute atomic E-state index is 0.126. The van der Waals surface area contributed by atoms with Crippen molar-refractivity contribution in [3.8, 4) is 5.69 Å². The Morgan fingerprint density at radius 1 is 0.931 bits per heavy atom. The van der Waals surface area contributed by atoms with Crippen LogP contribution < -0.4 is 5.32 Å². The number of aryl methyl sites for hydroxylation is 3. The Bertz CT molecular complexity index is 1120. The summed E-state index contributed by atoms with van der Waals surface area (Å²) in [6, 6.07) is 25.5. The third-order valence-corrected chi connectivity index (χ3v) is 4.76. The average Bonchev–Trinajstić information content (AvgIpc) is 3.19. The highest BCUT2D eigenvalue weighted by atomic mass is 16.1. The van der Waals surface area contributed by atoms with Crippen molar-refractivity contribution >= 4 is 11.6 Å². The molecular formula is C23H21N5O. The molecule has 1 aromatic heterocycles. The normalized spacial score (nSPS) is 10.7. The van der Waals surface area contributed by atoms with Crippen LogP contribution in [0.3, 0.4) is 0 Å². The first-order chi connectivity index (χ1) is 14.2. The zero-order valence-corrected chi connectivity index (χ0v) is 16.1. The molecule has 6 heteroatoms. The molecule has 0 radical (unpaired) electrons. The number of nitrogens with one attached hydrogen (secondary N) is 1. The molecule has 4 aromatic rings. The Kier molecular flexibility index (Phi) is 5.42. The first-order valence-corrected chi connectivity index (χ1v) is 9.49. The fourth-order valence-corrected chi connectivity index (χ4v) is 3.27. The van der Waals surface area contributed by atoms with Gasteiger partial charge in [0, 0.05) is 11.3 Å². The molecule has 0 saturated carbocycles. The van der Waals surface area contributed by atoms with E-state index in [9.17, 15) is 4.79 Å². The molecule has 0 spiro atoms. The molecule has 0 aliphatic rings. The molecule has 144 valence electrons. The second-order valence-electron chi connectivity index (χ2n) is 6.79. The smallest absolute Gasteiger partial charge is 0.255 e. The number of tetrazole rings is 1. The van der Waals surface area contributed by atoms with Gasteiger partial charge in [-0.25, -0.2) is 0 Å². The van der Waals surface area contributed by atoms with Crippen molar-refractivity contribution in [2.75, 3.05) is 5.32 Å². The molecule has 0 aliphatic heterocycles. The molecule has 3 aromatic carbocycles. The first kappa shape index (κ1) is 18.6. The molecule has 0 aliphatic carbocycles. The van der Waals surface area contributed by atoms with Crippen molar-refractivity contribution in [2.45, 2.75) is 19.8 Å². The summed E-state index contributed by atoms with van der Waals surface area (Å²) in [5.74, 6) is 0.555. The molecule has 0 fully saturated rings. The maximum Gasteiger partial charge on any atom is 0.255 e. The predicted molar refractivity (Wildman–Crippen MR) is 112 cm³/mol. The van der Waals surface area contributed by atoms with Gasteiger partial charge < -0.3 is 5.32 Å². The summed E-state index contributed by atoms with van der Waals surface area (Å²) in [6.07, 6.45) is 1.69. The van der Waals surface area contributed by atoms with Crippen LogP contribution in [0, 0.1) is 6.92 Å². The van der Waals surface area contributed by atoms with Gasteiger partial charge in [0.05, 0.1) is 5.69 Å². The van der Waals surface area contributed by atoms with E-state index >= 15 is 0 Å². The van der Waals surface area contributed by atoms with Gasteiger partial charge in [-0.3, -0.25) is 4.79 Å². The second-order valence-corrected chi connectivity index (χ2v) is 6.79. The number of benzene rings is 3. The molecule has 0 atom stereocenters. The molecular weight excluding hydrogens is 362 g/mol. The number of hydrogen-bond acceptors (Lipinski definition) is 4. The molecule has 1 heterocycles. The lowest BCUT2D eigenvalue weighted by Gasteiger charge is -2.11. The number of carbonyl (C=O) groups is 1. The fraction of sp³-hybridized carbons (Fsp3) is 0.130. The van der Waals surface area contributed by atoms with Gasteiger partial charge in [-0.2, -0.15) is 4.68 Å². The Labute approximate surface area is 169 Å². The van der Waals surface area contributed by atoms with Crippen molar-refractivity contribution in [1.29, 1.82) is 0 Å². The van der Waals surface area contributed by atoms with E-state index in [0.717, 1.165) is 24.1 Å². The molecule has 0 saturated heterocycles. The number of hydrogen-bond donors (Lipinski definition) is 1. The van der Waals surface area contributed by atoms with Crippen molar-refractivity contribution in [2.24, 2.45) is 0 Å². The van der Waals surface area contributed by atoms with E-state index < -0.39 is 0 Å². The van der Waals surface area contributed by atoms with Crippen LogP contribution in [0.2, 0.25) is 0 Å². The quantitative estimate of drug-likeness (QED) is 0.546. The van der Waals surface area contributed by atoms with E-state index in [1.165, 1.54) is 5.56 Å². The van der Waals surface area contributed by atoms with E-state index in [-0.39, 0.29) is 5.91 Å². The van der Waals surface area contributed by atoms with Gasteiger partial charge in [0.15, 0.2) is 5.82 Å². The number of rotatable bonds is 6. The topological polar surface area (TPSA) is 72.7 Å². The monoisotopic (exact) mass is 383 g/mol. The minimum Gasteiger partial charge on any atom is -0.322 e. The Morgan fingerprint density at radius 3 is 2.52 bits per heavy atom. The summed E-state index contributed by atoms with van der Waals surface area (Å²) in [7, 11) is 0. The van der Waals surface area contributed by atoms with E-state index in [2.05, 4.69) is 33.0 Å². The maximum absolute atomic E-state index is 13.0. The largest absolute Gasteiger partial charge is 0.322 e. The highest BCUT2D eigenvalue weighted by Gasteiger charge is 2.12. The molecule has 6 nitrogen and oxygen atoms in total. The predicted octanol–water partition coefficient (Wildman–Crippen LogP) is 4.01. The summed E-state index contributed by atoms with van der Waals surface area (Å²) in [4.78, 5) is 13.0. The van der Waals surface area contributed by atoms with Gasteiger partial charge in [-0.1, -0.05) is 54.6 Å². The van der Waals surface area contributed by atoms with Crippen LogP contribution in [0.1, 0.15) is 27.3 Å². The highest BCUT2D eigenvalue weighted by Crippen LogP contribution is 2.18. The number of aromatic nitrogens is 4. The first-order valence-electron chi connectivity index (χ1n) is 9.49. The standard InChI is InChI=1S/C23H21N5O/c1-17-25-26-27-28(17)21-12-7-11-20(16-21)24-23(29)22-13-6-5-10-19(22)15-14-18-8-3-2-4-9-18/h2-13,16H,14-15H2,1H3,(H,24,29). The number of anilines is 1. The van der Waals surface area contributed by atoms with Crippen molar-refractivity contribution in [1.82, 2.24) is 20.2 Å². The number of amides is 1. The van der Waals surface area contributed by atoms with Crippen LogP contribution in [-0.4, -0.2) is 26.1 Å². The lowest BCUT2D eigenvalue weighted by molar-refractivity contribution is 0.102. The maximum atomic E-state index is 13.0. The van der Waals surface area contributed by atoms with E-state index in [1.807, 2.05) is 73.7 Å². The van der Waals surface area contributed by atoms with Gasteiger partial charge in [0.25, 0.3) is 5.91 Å². The van der Waals surface area contributed by atoms with Crippen LogP contribution in [0.5, 0.6) is 0 Å². The molecule has 1 amide bonds. The number of carbonyl (C=O) groups excluding carboxylic acids is 1. The van der Waals surface area contributed by atoms with Gasteiger partial charge in [0.1, 0.15) is 0 Å². The molecule has 4 rings (SSSR count). The van der Waals surface area contributed by atoms with Gasteiger partial charge in [-0.05, 0) is 65.6 Å². The summed E-state index contributed by atoms with van der Waals surface area (Å²) < 4.78 is 1.63. The lowest BCUT2D eigenvalue weighted by Crippen LogP contribution is -2.15. The molecule has 0 bridgehead atoms. The summed E-state index contributed by atoms with van der Waals surface area (Å²) in [5, 5.41) is 14.5. The third kappa shape index (κ3) is 4.38. The Hall–Kier alpha value is -3.80. The van der Waals surface area contributed by atoms with E-state index in [0.29, 0.717) is 17.1 Å². The zero-order chi connectivity index (χ0) is 20.1. The van der Waals surface area contributed by atoms with Gasteiger partial charge >= 0.3 is 0 Å². The highest BCUT2D eigenvalue weighted by molar-refractivity contribution is 6.05. The summed E-state index contributed by atoms with van der Waals surface area (Å²) in [6.45, 7) is 1.83. The lowest BCUT2D eigenvalue weighted by atomic mass is 9.99. The van der Waals surface area contributed by atoms with Crippen LogP contribution in [0.4, 0.5) is 5.69 Å². The zero-order valence-electron chi connectivity index (χ0n) is 16.1. The average molecular weight is 383 g/mol. The van der Waals surface area contributed by atoms with Crippen molar-refractivity contribution in [3.05, 3.63) is 101 Å². The van der Waals surface area contributed by atoms with Crippen LogP contribution in [-0.2, 0) is 12.8 Å². The Balaban J connectivity index is 1.51. The molecule has 1 N–H and O–H groups in total. The number of nitrogens with zero attached hydrogens (tertiary/aromatic N) is 4. The van der Waals surface area contributed by atoms with Gasteiger partial charge in [0.2, 0.25) is 0 Å².